The smallest absolute Gasteiger partial charge is 0.290 e. The third-order valence-electron chi connectivity index (χ3n) is 6.62. The summed E-state index contributed by atoms with van der Waals surface area (Å²) in [5.74, 6) is 0.451. The van der Waals surface area contributed by atoms with Gasteiger partial charge in [0.15, 0.2) is 35.2 Å². The fourth-order valence-corrected chi connectivity index (χ4v) is 5.14. The Bertz CT molecular complexity index is 1360. The van der Waals surface area contributed by atoms with Gasteiger partial charge < -0.3 is 46.7 Å². The summed E-state index contributed by atoms with van der Waals surface area (Å²) in [6.07, 6.45) is -0.535. The van der Waals surface area contributed by atoms with Gasteiger partial charge in [-0.1, -0.05) is 17.3 Å². The SMILES string of the molecule is CC(COc1ccc(C2CN=C(NCCN)NC2)cc1)O/N=C(\C(=O)NC1C(=O)N(OSO)C1(C)C)c1csc(N)n1.O=CO. The molecular formula is C26H37N9O8S2. The summed E-state index contributed by atoms with van der Waals surface area (Å²) >= 11 is 1.18. The quantitative estimate of drug-likeness (QED) is 0.0501. The maximum Gasteiger partial charge on any atom is 0.290 e. The van der Waals surface area contributed by atoms with Gasteiger partial charge in [0.2, 0.25) is 0 Å². The summed E-state index contributed by atoms with van der Waals surface area (Å²) < 4.78 is 19.6. The summed E-state index contributed by atoms with van der Waals surface area (Å²) in [4.78, 5) is 48.2. The molecule has 0 radical (unpaired) electrons. The molecule has 246 valence electrons. The average Bonchev–Trinajstić information content (AvgIpc) is 3.46. The molecule has 2 amide bonds. The van der Waals surface area contributed by atoms with Crippen molar-refractivity contribution in [1.82, 2.24) is 26.0 Å². The molecule has 2 aliphatic heterocycles. The van der Waals surface area contributed by atoms with E-state index < -0.39 is 29.5 Å². The van der Waals surface area contributed by atoms with E-state index in [1.165, 1.54) is 0 Å². The van der Waals surface area contributed by atoms with Crippen LogP contribution < -0.4 is 32.2 Å². The molecule has 0 saturated carbocycles. The van der Waals surface area contributed by atoms with Gasteiger partial charge in [-0.25, -0.2) is 4.98 Å². The van der Waals surface area contributed by atoms with Crippen LogP contribution in [0.25, 0.3) is 0 Å². The van der Waals surface area contributed by atoms with Crippen molar-refractivity contribution in [3.8, 4) is 5.75 Å². The van der Waals surface area contributed by atoms with E-state index in [0.29, 0.717) is 25.4 Å². The maximum absolute atomic E-state index is 13.2. The number of anilines is 1. The van der Waals surface area contributed by atoms with Gasteiger partial charge in [0, 0.05) is 30.9 Å². The summed E-state index contributed by atoms with van der Waals surface area (Å²) in [5, 5.41) is 22.8. The molecule has 1 aromatic heterocycles. The van der Waals surface area contributed by atoms with Crippen molar-refractivity contribution in [3.63, 3.8) is 0 Å². The number of rotatable bonds is 13. The average molecular weight is 668 g/mol. The number of carboxylic acid groups (broad SMARTS) is 1. The molecule has 0 aliphatic carbocycles. The summed E-state index contributed by atoms with van der Waals surface area (Å²) in [7, 11) is 0. The first-order valence-electron chi connectivity index (χ1n) is 13.7. The Morgan fingerprint density at radius 3 is 2.64 bits per heavy atom. The molecule has 0 spiro atoms. The molecule has 4 rings (SSSR count). The molecule has 2 aromatic rings. The number of nitrogens with one attached hydrogen (secondary N) is 3. The number of ether oxygens (including phenoxy) is 1. The monoisotopic (exact) mass is 667 g/mol. The van der Waals surface area contributed by atoms with Crippen LogP contribution in [0.1, 0.15) is 37.9 Å². The Morgan fingerprint density at radius 1 is 1.38 bits per heavy atom. The Kier molecular flexibility index (Phi) is 13.2. The van der Waals surface area contributed by atoms with Gasteiger partial charge in [-0.3, -0.25) is 19.4 Å². The van der Waals surface area contributed by atoms with Gasteiger partial charge in [-0.2, -0.15) is 9.35 Å². The number of aromatic nitrogens is 1. The van der Waals surface area contributed by atoms with E-state index >= 15 is 0 Å². The van der Waals surface area contributed by atoms with Crippen LogP contribution in [0.2, 0.25) is 0 Å². The van der Waals surface area contributed by atoms with Crippen molar-refractivity contribution in [1.29, 1.82) is 0 Å². The normalized spacial score (nSPS) is 19.5. The second kappa shape index (κ2) is 16.8. The van der Waals surface area contributed by atoms with E-state index in [1.54, 1.807) is 26.2 Å². The van der Waals surface area contributed by atoms with E-state index in [2.05, 4.69) is 31.1 Å². The number of oxime groups is 1. The number of carbonyl (C=O) groups is 3. The van der Waals surface area contributed by atoms with Crippen LogP contribution in [-0.2, 0) is 23.5 Å². The second-order valence-electron chi connectivity index (χ2n) is 10.2. The standard InChI is InChI=1S/C25H35N9O6S2.CH2O2/c1-14(12-38-17-6-4-15(5-7-17)16-10-29-24(30-11-16)28-9-8-26)39-33-19(18-13-41-23(27)31-18)21(35)32-20-22(36)34(40-42-37)25(20,2)3;2-1-3/h4-7,13-14,16,20,37H,8-12,26H2,1-3H3,(H2,27,31)(H,32,35)(H2,28,29,30);1H,(H,2,3)/b33-19-;. The number of hydrogen-bond acceptors (Lipinski definition) is 16. The number of benzene rings is 1. The van der Waals surface area contributed by atoms with E-state index in [-0.39, 0.29) is 47.9 Å². The summed E-state index contributed by atoms with van der Waals surface area (Å²) in [5.41, 5.74) is 11.6. The second-order valence-corrected chi connectivity index (χ2v) is 11.4. The molecule has 19 heteroatoms. The molecule has 3 unspecified atom stereocenters. The van der Waals surface area contributed by atoms with Gasteiger partial charge in [0.1, 0.15) is 24.1 Å². The van der Waals surface area contributed by atoms with Crippen molar-refractivity contribution in [3.05, 3.63) is 40.9 Å². The fourth-order valence-electron chi connectivity index (χ4n) is 4.26. The highest BCUT2D eigenvalue weighted by Gasteiger charge is 2.57. The van der Waals surface area contributed by atoms with E-state index in [1.807, 2.05) is 24.3 Å². The molecule has 1 saturated heterocycles. The van der Waals surface area contributed by atoms with Crippen LogP contribution in [0.5, 0.6) is 5.75 Å². The number of nitrogens with zero attached hydrogens (tertiary/aromatic N) is 4. The van der Waals surface area contributed by atoms with E-state index in [0.717, 1.165) is 34.5 Å². The largest absolute Gasteiger partial charge is 0.490 e. The topological polar surface area (TPSA) is 248 Å². The third kappa shape index (κ3) is 9.41. The maximum atomic E-state index is 13.2. The molecule has 0 bridgehead atoms. The lowest BCUT2D eigenvalue weighted by atomic mass is 9.84. The molecule has 3 atom stereocenters. The van der Waals surface area contributed by atoms with Crippen molar-refractivity contribution in [2.45, 2.75) is 44.4 Å². The van der Waals surface area contributed by atoms with Gasteiger partial charge >= 0.3 is 0 Å². The molecule has 2 aliphatic rings. The lowest BCUT2D eigenvalue weighted by Gasteiger charge is -2.50. The first-order chi connectivity index (χ1) is 21.5. The Labute approximate surface area is 267 Å². The van der Waals surface area contributed by atoms with Crippen molar-refractivity contribution in [2.75, 3.05) is 38.5 Å². The van der Waals surface area contributed by atoms with Crippen LogP contribution in [0, 0.1) is 0 Å². The number of β-lactam (4-membered cyclic amide) rings is 1. The molecular weight excluding hydrogens is 630 g/mol. The predicted octanol–water partition coefficient (Wildman–Crippen LogP) is 0.364. The Balaban J connectivity index is 0.00000177. The minimum Gasteiger partial charge on any atom is -0.490 e. The molecule has 45 heavy (non-hydrogen) atoms. The first kappa shape index (κ1) is 35.3. The lowest BCUT2D eigenvalue weighted by molar-refractivity contribution is -0.214. The number of nitrogens with two attached hydrogens (primary N) is 2. The number of aliphatic imine (C=N–C) groups is 1. The van der Waals surface area contributed by atoms with Crippen LogP contribution in [0.4, 0.5) is 5.13 Å². The summed E-state index contributed by atoms with van der Waals surface area (Å²) in [6.45, 7) is 7.64. The van der Waals surface area contributed by atoms with Crippen molar-refractivity contribution in [2.24, 2.45) is 15.9 Å². The zero-order chi connectivity index (χ0) is 33.0. The van der Waals surface area contributed by atoms with E-state index in [9.17, 15) is 9.59 Å². The highest BCUT2D eigenvalue weighted by Crippen LogP contribution is 2.33. The summed E-state index contributed by atoms with van der Waals surface area (Å²) in [6, 6.07) is 6.85. The zero-order valence-electron chi connectivity index (χ0n) is 24.8. The molecule has 9 N–H and O–H groups in total. The van der Waals surface area contributed by atoms with Gasteiger partial charge in [-0.15, -0.1) is 11.3 Å². The van der Waals surface area contributed by atoms with E-state index in [4.69, 9.17) is 39.8 Å². The number of nitrogen functional groups attached to an aromatic ring is 1. The minimum atomic E-state index is -0.923. The van der Waals surface area contributed by atoms with Crippen LogP contribution >= 0.6 is 23.7 Å². The highest BCUT2D eigenvalue weighted by molar-refractivity contribution is 7.88. The number of amides is 2. The minimum absolute atomic E-state index is 0.0437. The lowest BCUT2D eigenvalue weighted by Crippen LogP contribution is -2.76. The molecule has 17 nitrogen and oxygen atoms in total. The zero-order valence-corrected chi connectivity index (χ0v) is 26.5. The van der Waals surface area contributed by atoms with Crippen LogP contribution in [0.15, 0.2) is 39.8 Å². The van der Waals surface area contributed by atoms with Crippen LogP contribution in [-0.4, -0.2) is 100 Å². The third-order valence-corrected chi connectivity index (χ3v) is 7.51. The Hall–Kier alpha value is -4.17. The molecule has 3 heterocycles. The van der Waals surface area contributed by atoms with Crippen LogP contribution in [0.3, 0.4) is 0 Å². The van der Waals surface area contributed by atoms with Crippen molar-refractivity contribution < 1.29 is 37.9 Å². The fraction of sp³-hybridized carbons (Fsp3) is 0.462. The highest BCUT2D eigenvalue weighted by atomic mass is 32.2. The predicted molar refractivity (Wildman–Crippen MR) is 169 cm³/mol. The number of thiazole rings is 1. The van der Waals surface area contributed by atoms with Gasteiger partial charge in [-0.05, 0) is 38.5 Å². The number of hydroxylamine groups is 2. The number of carbonyl (C=O) groups excluding carboxylic acids is 2. The molecule has 1 fully saturated rings. The van der Waals surface area contributed by atoms with Gasteiger partial charge in [0.05, 0.1) is 12.1 Å². The van der Waals surface area contributed by atoms with Gasteiger partial charge in [0.25, 0.3) is 18.3 Å². The Morgan fingerprint density at radius 2 is 2.09 bits per heavy atom. The first-order valence-corrected chi connectivity index (χ1v) is 15.2. The molecule has 1 aromatic carbocycles. The number of guanidine groups is 1. The van der Waals surface area contributed by atoms with Crippen molar-refractivity contribution >= 4 is 58.7 Å². The number of hydrogen-bond donors (Lipinski definition) is 7.